The minimum Gasteiger partial charge on any atom is -0.383 e. The van der Waals surface area contributed by atoms with Crippen LogP contribution >= 0.6 is 0 Å². The summed E-state index contributed by atoms with van der Waals surface area (Å²) in [7, 11) is 3.81. The van der Waals surface area contributed by atoms with Gasteiger partial charge in [-0.1, -0.05) is 42.5 Å². The smallest absolute Gasteiger partial charge is 0.261 e. The third kappa shape index (κ3) is 3.62. The summed E-state index contributed by atoms with van der Waals surface area (Å²) in [4.78, 5) is 33.7. The van der Waals surface area contributed by atoms with Gasteiger partial charge >= 0.3 is 0 Å². The van der Waals surface area contributed by atoms with Crippen molar-refractivity contribution in [3.8, 4) is 0 Å². The molecule has 1 aliphatic rings. The molecule has 156 valence electrons. The maximum absolute atomic E-state index is 13.0. The molecule has 1 amide bonds. The summed E-state index contributed by atoms with van der Waals surface area (Å²) in [6.45, 7) is 0.734. The average molecular weight is 406 g/mol. The van der Waals surface area contributed by atoms with Gasteiger partial charge in [-0.25, -0.2) is 4.98 Å². The molecule has 2 atom stereocenters. The van der Waals surface area contributed by atoms with E-state index in [4.69, 9.17) is 0 Å². The van der Waals surface area contributed by atoms with Gasteiger partial charge in [0, 0.05) is 13.1 Å². The number of amides is 1. The molecule has 30 heavy (non-hydrogen) atoms. The number of piperidine rings is 1. The lowest BCUT2D eigenvalue weighted by molar-refractivity contribution is -0.142. The third-order valence-electron chi connectivity index (χ3n) is 5.99. The van der Waals surface area contributed by atoms with Crippen LogP contribution in [0.1, 0.15) is 12.0 Å². The zero-order valence-corrected chi connectivity index (χ0v) is 17.2. The molecule has 1 saturated heterocycles. The molecule has 0 spiro atoms. The van der Waals surface area contributed by atoms with Gasteiger partial charge < -0.3 is 14.9 Å². The number of hydrogen-bond donors (Lipinski definition) is 1. The van der Waals surface area contributed by atoms with Crippen molar-refractivity contribution < 1.29 is 9.90 Å². The minimum atomic E-state index is -1.04. The topological polar surface area (TPSA) is 78.7 Å². The van der Waals surface area contributed by atoms with Crippen LogP contribution in [0, 0.1) is 0 Å². The largest absolute Gasteiger partial charge is 0.383 e. The van der Waals surface area contributed by atoms with E-state index in [0.717, 1.165) is 5.56 Å². The molecule has 2 aromatic carbocycles. The molecule has 0 aliphatic carbocycles. The molecule has 7 heteroatoms. The van der Waals surface area contributed by atoms with Crippen LogP contribution in [0.5, 0.6) is 0 Å². The number of para-hydroxylation sites is 1. The number of rotatable bonds is 4. The number of likely N-dealkylation sites (tertiary alicyclic amines) is 1. The molecule has 1 fully saturated rings. The highest BCUT2D eigenvalue weighted by Gasteiger charge is 2.45. The second kappa shape index (κ2) is 8.01. The summed E-state index contributed by atoms with van der Waals surface area (Å²) in [5.74, 6) is -0.156. The van der Waals surface area contributed by atoms with E-state index in [9.17, 15) is 14.7 Å². The number of aliphatic hydroxyl groups is 1. The Labute approximate surface area is 175 Å². The first-order valence-electron chi connectivity index (χ1n) is 10.1. The number of likely N-dealkylation sites (N-methyl/N-ethyl adjacent to an activating group) is 1. The van der Waals surface area contributed by atoms with Crippen molar-refractivity contribution in [2.45, 2.75) is 24.6 Å². The molecular formula is C23H26N4O3. The Hall–Kier alpha value is -3.03. The predicted octanol–water partition coefficient (Wildman–Crippen LogP) is 1.45. The van der Waals surface area contributed by atoms with Gasteiger partial charge in [-0.05, 0) is 38.2 Å². The van der Waals surface area contributed by atoms with E-state index in [2.05, 4.69) is 4.98 Å². The molecule has 1 aliphatic heterocycles. The molecule has 4 rings (SSSR count). The summed E-state index contributed by atoms with van der Waals surface area (Å²) in [5, 5.41) is 12.0. The van der Waals surface area contributed by atoms with E-state index >= 15 is 0 Å². The first-order chi connectivity index (χ1) is 14.4. The van der Waals surface area contributed by atoms with Crippen molar-refractivity contribution in [3.05, 3.63) is 76.8 Å². The maximum atomic E-state index is 13.0. The molecule has 3 aromatic rings. The zero-order valence-electron chi connectivity index (χ0n) is 17.2. The SMILES string of the molecule is CN(C)[C@@H]1CN(C(=O)Cn2cnc3ccccc3c2=O)CC[C@]1(O)c1ccccc1. The van der Waals surface area contributed by atoms with E-state index in [0.29, 0.717) is 30.4 Å². The second-order valence-corrected chi connectivity index (χ2v) is 8.05. The Morgan fingerprint density at radius 2 is 1.87 bits per heavy atom. The number of hydrogen-bond acceptors (Lipinski definition) is 5. The highest BCUT2D eigenvalue weighted by Crippen LogP contribution is 2.35. The molecule has 1 N–H and O–H groups in total. The lowest BCUT2D eigenvalue weighted by atomic mass is 9.80. The fourth-order valence-corrected chi connectivity index (χ4v) is 4.27. The Morgan fingerprint density at radius 3 is 2.60 bits per heavy atom. The number of carbonyl (C=O) groups excluding carboxylic acids is 1. The lowest BCUT2D eigenvalue weighted by Gasteiger charge is -2.47. The van der Waals surface area contributed by atoms with E-state index in [1.807, 2.05) is 55.4 Å². The fraction of sp³-hybridized carbons (Fsp3) is 0.348. The predicted molar refractivity (Wildman–Crippen MR) is 115 cm³/mol. The number of carbonyl (C=O) groups is 1. The number of benzene rings is 2. The first kappa shape index (κ1) is 20.3. The van der Waals surface area contributed by atoms with Crippen molar-refractivity contribution in [3.63, 3.8) is 0 Å². The lowest BCUT2D eigenvalue weighted by Crippen LogP contribution is -2.60. The van der Waals surface area contributed by atoms with Gasteiger partial charge in [-0.15, -0.1) is 0 Å². The van der Waals surface area contributed by atoms with Crippen LogP contribution in [-0.2, 0) is 16.9 Å². The number of aromatic nitrogens is 2. The molecule has 1 aromatic heterocycles. The maximum Gasteiger partial charge on any atom is 0.261 e. The standard InChI is InChI=1S/C23H26N4O3/c1-25(2)20-14-26(13-12-23(20,30)17-8-4-3-5-9-17)21(28)15-27-16-24-19-11-7-6-10-18(19)22(27)29/h3-11,16,20,30H,12-15H2,1-2H3/t20-,23+/m1/s1. The normalized spacial score (nSPS) is 21.9. The van der Waals surface area contributed by atoms with Crippen molar-refractivity contribution in [1.29, 1.82) is 0 Å². The van der Waals surface area contributed by atoms with Gasteiger partial charge in [0.1, 0.15) is 12.1 Å². The van der Waals surface area contributed by atoms with E-state index in [1.165, 1.54) is 10.9 Å². The molecule has 2 heterocycles. The number of nitrogens with zero attached hydrogens (tertiary/aromatic N) is 4. The summed E-state index contributed by atoms with van der Waals surface area (Å²) >= 11 is 0. The van der Waals surface area contributed by atoms with Gasteiger partial charge in [0.05, 0.1) is 23.3 Å². The summed E-state index contributed by atoms with van der Waals surface area (Å²) in [6, 6.07) is 16.4. The highest BCUT2D eigenvalue weighted by atomic mass is 16.3. The van der Waals surface area contributed by atoms with Crippen LogP contribution in [0.3, 0.4) is 0 Å². The fourth-order valence-electron chi connectivity index (χ4n) is 4.27. The Kier molecular flexibility index (Phi) is 5.40. The Balaban J connectivity index is 1.55. The van der Waals surface area contributed by atoms with Crippen molar-refractivity contribution in [1.82, 2.24) is 19.4 Å². The van der Waals surface area contributed by atoms with Crippen LogP contribution in [0.4, 0.5) is 0 Å². The van der Waals surface area contributed by atoms with Crippen molar-refractivity contribution in [2.75, 3.05) is 27.2 Å². The van der Waals surface area contributed by atoms with Crippen LogP contribution in [0.2, 0.25) is 0 Å². The third-order valence-corrected chi connectivity index (χ3v) is 5.99. The van der Waals surface area contributed by atoms with Gasteiger partial charge in [0.2, 0.25) is 5.91 Å². The monoisotopic (exact) mass is 406 g/mol. The molecule has 0 radical (unpaired) electrons. The van der Waals surface area contributed by atoms with Crippen LogP contribution in [-0.4, -0.2) is 63.6 Å². The number of fused-ring (bicyclic) bond motifs is 1. The van der Waals surface area contributed by atoms with Gasteiger partial charge in [-0.2, -0.15) is 0 Å². The van der Waals surface area contributed by atoms with Crippen molar-refractivity contribution in [2.24, 2.45) is 0 Å². The Bertz CT molecular complexity index is 1110. The molecular weight excluding hydrogens is 380 g/mol. The second-order valence-electron chi connectivity index (χ2n) is 8.05. The average Bonchev–Trinajstić information content (AvgIpc) is 2.76. The minimum absolute atomic E-state index is 0.0689. The van der Waals surface area contributed by atoms with E-state index in [1.54, 1.807) is 23.1 Å². The molecule has 0 saturated carbocycles. The van der Waals surface area contributed by atoms with E-state index in [-0.39, 0.29) is 24.1 Å². The summed E-state index contributed by atoms with van der Waals surface area (Å²) in [5.41, 5.74) is 0.203. The molecule has 0 bridgehead atoms. The van der Waals surface area contributed by atoms with Gasteiger partial charge in [-0.3, -0.25) is 14.2 Å². The van der Waals surface area contributed by atoms with Crippen LogP contribution in [0.15, 0.2) is 65.7 Å². The quantitative estimate of drug-likeness (QED) is 0.710. The van der Waals surface area contributed by atoms with Crippen LogP contribution < -0.4 is 5.56 Å². The van der Waals surface area contributed by atoms with Crippen molar-refractivity contribution >= 4 is 16.8 Å². The summed E-state index contributed by atoms with van der Waals surface area (Å²) < 4.78 is 1.35. The highest BCUT2D eigenvalue weighted by molar-refractivity contribution is 5.79. The Morgan fingerprint density at radius 1 is 1.17 bits per heavy atom. The van der Waals surface area contributed by atoms with E-state index < -0.39 is 5.60 Å². The molecule has 7 nitrogen and oxygen atoms in total. The van der Waals surface area contributed by atoms with Gasteiger partial charge in [0.25, 0.3) is 5.56 Å². The zero-order chi connectivity index (χ0) is 21.3. The van der Waals surface area contributed by atoms with Gasteiger partial charge in [0.15, 0.2) is 0 Å². The summed E-state index contributed by atoms with van der Waals surface area (Å²) in [6.07, 6.45) is 1.85. The van der Waals surface area contributed by atoms with Crippen LogP contribution in [0.25, 0.3) is 10.9 Å². The molecule has 0 unspecified atom stereocenters. The first-order valence-corrected chi connectivity index (χ1v) is 10.1.